The summed E-state index contributed by atoms with van der Waals surface area (Å²) >= 11 is 1.31. The van der Waals surface area contributed by atoms with Crippen molar-refractivity contribution in [2.45, 2.75) is 0 Å². The van der Waals surface area contributed by atoms with Gasteiger partial charge < -0.3 is 5.32 Å². The number of anilines is 2. The fourth-order valence-electron chi connectivity index (χ4n) is 1.42. The van der Waals surface area contributed by atoms with E-state index in [1.807, 2.05) is 0 Å². The van der Waals surface area contributed by atoms with Crippen molar-refractivity contribution in [3.05, 3.63) is 41.2 Å². The van der Waals surface area contributed by atoms with E-state index >= 15 is 0 Å². The maximum absolute atomic E-state index is 13.4. The van der Waals surface area contributed by atoms with E-state index in [2.05, 4.69) is 15.6 Å². The quantitative estimate of drug-likeness (QED) is 0.881. The Morgan fingerprint density at radius 1 is 1.47 bits per heavy atom. The summed E-state index contributed by atoms with van der Waals surface area (Å²) in [5.74, 6) is -0.844. The normalized spacial score (nSPS) is 10.0. The molecule has 0 radical (unpaired) electrons. The summed E-state index contributed by atoms with van der Waals surface area (Å²) in [6.07, 6.45) is 1.59. The molecule has 0 aliphatic carbocycles. The van der Waals surface area contributed by atoms with Crippen LogP contribution in [0.2, 0.25) is 0 Å². The maximum atomic E-state index is 13.4. The second kappa shape index (κ2) is 4.92. The number of carbonyl (C=O) groups is 1. The van der Waals surface area contributed by atoms with E-state index in [1.165, 1.54) is 23.5 Å². The summed E-state index contributed by atoms with van der Waals surface area (Å²) in [6.45, 7) is 0. The van der Waals surface area contributed by atoms with Crippen molar-refractivity contribution in [1.29, 1.82) is 0 Å². The molecule has 2 rings (SSSR count). The van der Waals surface area contributed by atoms with Gasteiger partial charge in [-0.2, -0.15) is 0 Å². The van der Waals surface area contributed by atoms with E-state index in [1.54, 1.807) is 24.7 Å². The fourth-order valence-corrected chi connectivity index (χ4v) is 1.94. The van der Waals surface area contributed by atoms with Gasteiger partial charge in [0.05, 0.1) is 11.3 Å². The van der Waals surface area contributed by atoms with Crippen molar-refractivity contribution in [1.82, 2.24) is 4.98 Å². The molecule has 0 aliphatic heterocycles. The van der Waals surface area contributed by atoms with Crippen LogP contribution < -0.4 is 10.6 Å². The number of carbonyl (C=O) groups excluding carboxylic acids is 1. The molecule has 0 saturated carbocycles. The van der Waals surface area contributed by atoms with E-state index in [9.17, 15) is 9.18 Å². The Balaban J connectivity index is 2.28. The summed E-state index contributed by atoms with van der Waals surface area (Å²) in [5, 5.41) is 7.51. The molecule has 1 heterocycles. The Bertz CT molecular complexity index is 528. The average Bonchev–Trinajstić information content (AvgIpc) is 2.81. The van der Waals surface area contributed by atoms with E-state index in [-0.39, 0.29) is 17.2 Å². The van der Waals surface area contributed by atoms with Gasteiger partial charge >= 0.3 is 0 Å². The third-order valence-corrected chi connectivity index (χ3v) is 2.85. The van der Waals surface area contributed by atoms with Crippen LogP contribution in [-0.4, -0.2) is 17.9 Å². The first-order valence-electron chi connectivity index (χ1n) is 4.89. The van der Waals surface area contributed by atoms with Crippen molar-refractivity contribution in [2.24, 2.45) is 0 Å². The number of amides is 1. The van der Waals surface area contributed by atoms with Crippen LogP contribution in [0.15, 0.2) is 29.8 Å². The molecular weight excluding hydrogens is 241 g/mol. The van der Waals surface area contributed by atoms with Gasteiger partial charge in [-0.15, -0.1) is 11.3 Å². The number of rotatable bonds is 3. The lowest BCUT2D eigenvalue weighted by Gasteiger charge is -2.08. The number of para-hydroxylation sites is 1. The molecule has 0 saturated heterocycles. The van der Waals surface area contributed by atoms with Gasteiger partial charge in [-0.25, -0.2) is 9.37 Å². The van der Waals surface area contributed by atoms with Crippen molar-refractivity contribution >= 4 is 28.1 Å². The molecule has 0 aliphatic rings. The lowest BCUT2D eigenvalue weighted by molar-refractivity contribution is 0.102. The standard InChI is InChI=1S/C11H10FN3OS/c1-13-9-7(3-2-4-8(9)12)10(16)15-11-14-5-6-17-11/h2-6,13H,1H3,(H,14,15,16). The van der Waals surface area contributed by atoms with Crippen LogP contribution in [0.1, 0.15) is 10.4 Å². The van der Waals surface area contributed by atoms with Gasteiger partial charge in [0.1, 0.15) is 5.82 Å². The van der Waals surface area contributed by atoms with Crippen LogP contribution in [0.25, 0.3) is 0 Å². The third-order valence-electron chi connectivity index (χ3n) is 2.16. The molecule has 1 aromatic carbocycles. The van der Waals surface area contributed by atoms with Crippen molar-refractivity contribution in [2.75, 3.05) is 17.7 Å². The number of thiazole rings is 1. The lowest BCUT2D eigenvalue weighted by atomic mass is 10.1. The Morgan fingerprint density at radius 3 is 2.94 bits per heavy atom. The van der Waals surface area contributed by atoms with Crippen LogP contribution in [0.5, 0.6) is 0 Å². The number of aromatic nitrogens is 1. The number of halogens is 1. The molecule has 2 N–H and O–H groups in total. The van der Waals surface area contributed by atoms with Gasteiger partial charge in [-0.1, -0.05) is 6.07 Å². The molecular formula is C11H10FN3OS. The number of hydrogen-bond donors (Lipinski definition) is 2. The summed E-state index contributed by atoms with van der Waals surface area (Å²) in [7, 11) is 1.57. The molecule has 0 spiro atoms. The second-order valence-electron chi connectivity index (χ2n) is 3.20. The third kappa shape index (κ3) is 2.42. The van der Waals surface area contributed by atoms with Crippen molar-refractivity contribution < 1.29 is 9.18 Å². The van der Waals surface area contributed by atoms with Gasteiger partial charge in [-0.05, 0) is 12.1 Å². The molecule has 1 aromatic heterocycles. The zero-order chi connectivity index (χ0) is 12.3. The molecule has 88 valence electrons. The van der Waals surface area contributed by atoms with Crippen LogP contribution >= 0.6 is 11.3 Å². The van der Waals surface area contributed by atoms with Crippen LogP contribution in [-0.2, 0) is 0 Å². The van der Waals surface area contributed by atoms with E-state index in [4.69, 9.17) is 0 Å². The smallest absolute Gasteiger partial charge is 0.259 e. The van der Waals surface area contributed by atoms with Crippen molar-refractivity contribution in [3.8, 4) is 0 Å². The van der Waals surface area contributed by atoms with E-state index < -0.39 is 5.82 Å². The van der Waals surface area contributed by atoms with Crippen LogP contribution in [0.4, 0.5) is 15.2 Å². The maximum Gasteiger partial charge on any atom is 0.259 e. The first kappa shape index (κ1) is 11.5. The molecule has 6 heteroatoms. The molecule has 17 heavy (non-hydrogen) atoms. The first-order chi connectivity index (χ1) is 8.22. The predicted molar refractivity (Wildman–Crippen MR) is 66.0 cm³/mol. The largest absolute Gasteiger partial charge is 0.385 e. The zero-order valence-corrected chi connectivity index (χ0v) is 9.84. The zero-order valence-electron chi connectivity index (χ0n) is 9.03. The van der Waals surface area contributed by atoms with Crippen LogP contribution in [0, 0.1) is 5.82 Å². The van der Waals surface area contributed by atoms with Crippen LogP contribution in [0.3, 0.4) is 0 Å². The summed E-state index contributed by atoms with van der Waals surface area (Å²) < 4.78 is 13.4. The minimum absolute atomic E-state index is 0.182. The molecule has 0 bridgehead atoms. The van der Waals surface area contributed by atoms with Gasteiger partial charge in [0, 0.05) is 18.6 Å². The summed E-state index contributed by atoms with van der Waals surface area (Å²) in [6, 6.07) is 4.34. The molecule has 4 nitrogen and oxygen atoms in total. The Labute approximate surface area is 102 Å². The molecule has 2 aromatic rings. The summed E-state index contributed by atoms with van der Waals surface area (Å²) in [5.41, 5.74) is 0.434. The van der Waals surface area contributed by atoms with E-state index in [0.717, 1.165) is 0 Å². The topological polar surface area (TPSA) is 54.0 Å². The number of benzene rings is 1. The summed E-state index contributed by atoms with van der Waals surface area (Å²) in [4.78, 5) is 15.8. The highest BCUT2D eigenvalue weighted by Gasteiger charge is 2.14. The Kier molecular flexibility index (Phi) is 3.34. The Morgan fingerprint density at radius 2 is 2.29 bits per heavy atom. The van der Waals surface area contributed by atoms with Gasteiger partial charge in [0.15, 0.2) is 5.13 Å². The van der Waals surface area contributed by atoms with Gasteiger partial charge in [0.25, 0.3) is 5.91 Å². The monoisotopic (exact) mass is 251 g/mol. The lowest BCUT2D eigenvalue weighted by Crippen LogP contribution is -2.14. The molecule has 0 fully saturated rings. The highest BCUT2D eigenvalue weighted by atomic mass is 32.1. The van der Waals surface area contributed by atoms with Gasteiger partial charge in [-0.3, -0.25) is 10.1 Å². The van der Waals surface area contributed by atoms with E-state index in [0.29, 0.717) is 5.13 Å². The fraction of sp³-hybridized carbons (Fsp3) is 0.0909. The number of hydrogen-bond acceptors (Lipinski definition) is 4. The number of nitrogens with zero attached hydrogens (tertiary/aromatic N) is 1. The minimum Gasteiger partial charge on any atom is -0.385 e. The van der Waals surface area contributed by atoms with Crippen molar-refractivity contribution in [3.63, 3.8) is 0 Å². The molecule has 0 atom stereocenters. The average molecular weight is 251 g/mol. The second-order valence-corrected chi connectivity index (χ2v) is 4.10. The number of nitrogens with one attached hydrogen (secondary N) is 2. The highest BCUT2D eigenvalue weighted by molar-refractivity contribution is 7.13. The Hall–Kier alpha value is -1.95. The van der Waals surface area contributed by atoms with Gasteiger partial charge in [0.2, 0.25) is 0 Å². The molecule has 1 amide bonds. The molecule has 0 unspecified atom stereocenters. The predicted octanol–water partition coefficient (Wildman–Crippen LogP) is 2.58. The minimum atomic E-state index is -0.459. The first-order valence-corrected chi connectivity index (χ1v) is 5.77. The SMILES string of the molecule is CNc1c(F)cccc1C(=O)Nc1nccs1. The highest BCUT2D eigenvalue weighted by Crippen LogP contribution is 2.21.